The molecule has 0 saturated carbocycles. The van der Waals surface area contributed by atoms with Crippen LogP contribution in [0.1, 0.15) is 6.23 Å². The Morgan fingerprint density at radius 1 is 1.03 bits per heavy atom. The summed E-state index contributed by atoms with van der Waals surface area (Å²) in [6.45, 7) is -0.953. The van der Waals surface area contributed by atoms with Gasteiger partial charge in [0.1, 0.15) is 30.2 Å². The molecule has 0 spiro atoms. The van der Waals surface area contributed by atoms with E-state index >= 15 is 0 Å². The Morgan fingerprint density at radius 2 is 1.72 bits per heavy atom. The van der Waals surface area contributed by atoms with Crippen LogP contribution in [-0.4, -0.2) is 74.2 Å². The van der Waals surface area contributed by atoms with Crippen LogP contribution in [0.15, 0.2) is 12.7 Å². The van der Waals surface area contributed by atoms with E-state index in [-0.39, 0.29) is 17.0 Å². The monoisotopic (exact) mass is 523 g/mol. The van der Waals surface area contributed by atoms with Gasteiger partial charge in [-0.15, -0.1) is 9.35 Å². The number of aliphatic hydroxyl groups excluding tert-OH is 2. The quantitative estimate of drug-likeness (QED) is 0.109. The lowest BCUT2D eigenvalue weighted by atomic mass is 10.1. The van der Waals surface area contributed by atoms with Crippen molar-refractivity contribution in [1.82, 2.24) is 19.5 Å². The van der Waals surface area contributed by atoms with Crippen LogP contribution in [0.5, 0.6) is 0 Å². The molecule has 0 amide bonds. The predicted octanol–water partition coefficient (Wildman–Crippen LogP) is -1.70. The van der Waals surface area contributed by atoms with E-state index in [4.69, 9.17) is 25.2 Å². The number of aliphatic hydroxyl groups is 2. The maximum Gasteiger partial charge on any atom is 0.508 e. The van der Waals surface area contributed by atoms with Crippen LogP contribution in [0.2, 0.25) is 0 Å². The summed E-state index contributed by atoms with van der Waals surface area (Å²) in [5.74, 6) is 0.0402. The van der Waals surface area contributed by atoms with Crippen LogP contribution in [0.25, 0.3) is 11.2 Å². The summed E-state index contributed by atoms with van der Waals surface area (Å²) >= 11 is 0. The van der Waals surface area contributed by atoms with Gasteiger partial charge in [-0.25, -0.2) is 28.6 Å². The third-order valence-corrected chi connectivity index (χ3v) is 6.61. The lowest BCUT2D eigenvalue weighted by Crippen LogP contribution is -2.33. The smallest absolute Gasteiger partial charge is 0.387 e. The highest BCUT2D eigenvalue weighted by molar-refractivity contribution is 7.61. The first kappa shape index (κ1) is 25.2. The Balaban J connectivity index is 1.65. The molecule has 2 aromatic rings. The number of fused-ring (bicyclic) bond motifs is 1. The topological polar surface area (TPSA) is 288 Å². The fraction of sp³-hybridized carbons (Fsp3) is 0.500. The first-order chi connectivity index (χ1) is 14.7. The number of anilines is 1. The third kappa shape index (κ3) is 5.93. The second-order valence-electron chi connectivity index (χ2n) is 6.08. The number of nitrogens with two attached hydrogens (primary N) is 1. The van der Waals surface area contributed by atoms with Crippen molar-refractivity contribution < 1.29 is 66.4 Å². The molecule has 1 saturated heterocycles. The minimum absolute atomic E-state index is 0.0402. The van der Waals surface area contributed by atoms with Crippen molar-refractivity contribution in [3.63, 3.8) is 0 Å². The summed E-state index contributed by atoms with van der Waals surface area (Å²) in [5, 5.41) is 20.4. The van der Waals surface area contributed by atoms with Gasteiger partial charge in [-0.2, -0.15) is 4.31 Å². The third-order valence-electron chi connectivity index (χ3n) is 3.83. The number of phosphoric acid groups is 3. The van der Waals surface area contributed by atoms with Gasteiger partial charge < -0.3 is 40.3 Å². The first-order valence-electron chi connectivity index (χ1n) is 8.09. The molecule has 1 fully saturated rings. The summed E-state index contributed by atoms with van der Waals surface area (Å²) in [6, 6.07) is 0. The number of nitrogen functional groups attached to an aromatic ring is 1. The van der Waals surface area contributed by atoms with E-state index in [1.807, 2.05) is 0 Å². The molecule has 1 aliphatic rings. The zero-order chi connectivity index (χ0) is 23.9. The van der Waals surface area contributed by atoms with E-state index in [1.54, 1.807) is 0 Å². The van der Waals surface area contributed by atoms with Crippen LogP contribution in [0.3, 0.4) is 0 Å². The maximum absolute atomic E-state index is 11.8. The van der Waals surface area contributed by atoms with Gasteiger partial charge in [-0.3, -0.25) is 9.09 Å². The summed E-state index contributed by atoms with van der Waals surface area (Å²) in [6.07, 6.45) is -3.70. The van der Waals surface area contributed by atoms with Crippen LogP contribution in [0.4, 0.5) is 5.82 Å². The molecule has 19 nitrogen and oxygen atoms in total. The Kier molecular flexibility index (Phi) is 7.17. The van der Waals surface area contributed by atoms with Gasteiger partial charge in [-0.05, 0) is 0 Å². The summed E-state index contributed by atoms with van der Waals surface area (Å²) in [5.41, 5.74) is 6.00. The van der Waals surface area contributed by atoms with Crippen molar-refractivity contribution >= 4 is 40.4 Å². The molecular weight excluding hydrogens is 507 g/mol. The Morgan fingerprint density at radius 3 is 2.38 bits per heavy atom. The molecular formula is C10H16N5O14P3. The molecule has 0 aliphatic carbocycles. The Hall–Kier alpha value is -1.40. The average molecular weight is 523 g/mol. The van der Waals surface area contributed by atoms with Gasteiger partial charge in [0.25, 0.3) is 0 Å². The first-order valence-corrected chi connectivity index (χ1v) is 12.6. The van der Waals surface area contributed by atoms with Crippen molar-refractivity contribution in [3.8, 4) is 0 Å². The SMILES string of the molecule is Nc1ncnc2c1ncn2[C@@H]1O[C@H](COP(=O)(O)OP(=O)(O)OOP(=O)(O)O)[C@@H](O)[C@H]1O. The number of imidazole rings is 1. The van der Waals surface area contributed by atoms with Gasteiger partial charge in [0, 0.05) is 0 Å². The fourth-order valence-electron chi connectivity index (χ4n) is 2.57. The zero-order valence-electron chi connectivity index (χ0n) is 15.3. The van der Waals surface area contributed by atoms with Gasteiger partial charge in [-0.1, -0.05) is 0 Å². The fourth-order valence-corrected chi connectivity index (χ4v) is 4.93. The zero-order valence-corrected chi connectivity index (χ0v) is 18.0. The number of rotatable bonds is 9. The maximum atomic E-state index is 11.8. The predicted molar refractivity (Wildman–Crippen MR) is 96.6 cm³/mol. The minimum atomic E-state index is -5.63. The molecule has 22 heteroatoms. The molecule has 0 radical (unpaired) electrons. The standard InChI is InChI=1S/C10H16N5O14P3/c11-8-5-9(13-2-12-8)15(3-14-5)10-7(17)6(16)4(26-10)1-25-31(21,22)29-32(23,24)28-27-30(18,19)20/h2-4,6-7,10,16-17H,1H2,(H,21,22)(H,23,24)(H2,11,12,13)(H2,18,19,20)/t4-,6-,7-,10-/m1/s1. The number of phosphoric ester groups is 1. The number of hydrogen-bond acceptors (Lipinski definition) is 14. The largest absolute Gasteiger partial charge is 0.508 e. The molecule has 3 rings (SSSR count). The number of ether oxygens (including phenoxy) is 1. The lowest BCUT2D eigenvalue weighted by molar-refractivity contribution is -0.142. The van der Waals surface area contributed by atoms with Crippen LogP contribution < -0.4 is 5.73 Å². The molecule has 3 heterocycles. The van der Waals surface area contributed by atoms with Crippen LogP contribution in [-0.2, 0) is 36.6 Å². The van der Waals surface area contributed by atoms with Crippen molar-refractivity contribution in [1.29, 1.82) is 0 Å². The second-order valence-corrected chi connectivity index (χ2v) is 10.1. The number of hydrogen-bond donors (Lipinski definition) is 7. The molecule has 32 heavy (non-hydrogen) atoms. The summed E-state index contributed by atoms with van der Waals surface area (Å²) < 4.78 is 55.2. The Bertz CT molecular complexity index is 1120. The van der Waals surface area contributed by atoms with E-state index in [0.29, 0.717) is 0 Å². The van der Waals surface area contributed by atoms with E-state index in [1.165, 1.54) is 10.9 Å². The molecule has 2 aromatic heterocycles. The molecule has 6 atom stereocenters. The van der Waals surface area contributed by atoms with E-state index in [2.05, 4.69) is 33.1 Å². The van der Waals surface area contributed by atoms with Crippen molar-refractivity contribution in [2.45, 2.75) is 24.5 Å². The lowest BCUT2D eigenvalue weighted by Gasteiger charge is -2.18. The minimum Gasteiger partial charge on any atom is -0.387 e. The summed E-state index contributed by atoms with van der Waals surface area (Å²) in [7, 11) is -16.4. The molecule has 2 unspecified atom stereocenters. The second kappa shape index (κ2) is 9.09. The highest BCUT2D eigenvalue weighted by Crippen LogP contribution is 2.62. The van der Waals surface area contributed by atoms with Gasteiger partial charge in [0.2, 0.25) is 0 Å². The number of aromatic nitrogens is 4. The highest BCUT2D eigenvalue weighted by atomic mass is 31.3. The molecule has 0 aromatic carbocycles. The normalized spacial score (nSPS) is 27.9. The van der Waals surface area contributed by atoms with Crippen LogP contribution in [0, 0.1) is 0 Å². The van der Waals surface area contributed by atoms with Crippen LogP contribution >= 0.6 is 23.5 Å². The molecule has 1 aliphatic heterocycles. The number of nitrogens with zero attached hydrogens (tertiary/aromatic N) is 4. The molecule has 0 bridgehead atoms. The molecule has 8 N–H and O–H groups in total. The van der Waals surface area contributed by atoms with E-state index in [9.17, 15) is 28.8 Å². The van der Waals surface area contributed by atoms with E-state index < -0.39 is 54.6 Å². The van der Waals surface area contributed by atoms with Crippen molar-refractivity contribution in [2.75, 3.05) is 12.3 Å². The van der Waals surface area contributed by atoms with E-state index in [0.717, 1.165) is 6.33 Å². The van der Waals surface area contributed by atoms with Crippen molar-refractivity contribution in [3.05, 3.63) is 12.7 Å². The highest BCUT2D eigenvalue weighted by Gasteiger charge is 2.46. The van der Waals surface area contributed by atoms with Gasteiger partial charge in [0.15, 0.2) is 17.7 Å². The summed E-state index contributed by atoms with van der Waals surface area (Å²) in [4.78, 5) is 47.1. The van der Waals surface area contributed by atoms with Gasteiger partial charge in [0.05, 0.1) is 12.9 Å². The average Bonchev–Trinajstić information content (AvgIpc) is 3.20. The Labute approximate surface area is 176 Å². The van der Waals surface area contributed by atoms with Crippen molar-refractivity contribution in [2.24, 2.45) is 0 Å². The van der Waals surface area contributed by atoms with Gasteiger partial charge >= 0.3 is 23.5 Å². The molecule has 180 valence electrons.